The van der Waals surface area contributed by atoms with Crippen LogP contribution in [0, 0.1) is 6.92 Å². The van der Waals surface area contributed by atoms with E-state index in [4.69, 9.17) is 5.73 Å². The molecule has 0 bridgehead atoms. The van der Waals surface area contributed by atoms with E-state index < -0.39 is 0 Å². The molecule has 0 radical (unpaired) electrons. The van der Waals surface area contributed by atoms with Gasteiger partial charge in [-0.25, -0.2) is 0 Å². The Labute approximate surface area is 143 Å². The minimum Gasteiger partial charge on any atom is -0.398 e. The maximum Gasteiger partial charge on any atom is 0.242 e. The van der Waals surface area contributed by atoms with Crippen molar-refractivity contribution >= 4 is 17.3 Å². The third-order valence-corrected chi connectivity index (χ3v) is 4.88. The topological polar surface area (TPSA) is 58.4 Å². The monoisotopic (exact) mass is 323 g/mol. The number of anilines is 2. The van der Waals surface area contributed by atoms with Crippen LogP contribution in [-0.2, 0) is 17.8 Å². The van der Waals surface area contributed by atoms with Crippen LogP contribution < -0.4 is 16.0 Å². The van der Waals surface area contributed by atoms with Gasteiger partial charge < -0.3 is 16.0 Å². The quantitative estimate of drug-likeness (QED) is 0.850. The van der Waals surface area contributed by atoms with E-state index in [1.807, 2.05) is 31.2 Å². The first kappa shape index (κ1) is 16.4. The third-order valence-electron chi connectivity index (χ3n) is 4.88. The molecule has 1 atom stereocenters. The summed E-state index contributed by atoms with van der Waals surface area (Å²) in [5, 5.41) is 3.07. The van der Waals surface area contributed by atoms with E-state index in [1.54, 1.807) is 0 Å². The van der Waals surface area contributed by atoms with E-state index in [0.717, 1.165) is 36.3 Å². The fourth-order valence-electron chi connectivity index (χ4n) is 3.36. The molecule has 3 N–H and O–H groups in total. The van der Waals surface area contributed by atoms with Crippen LogP contribution in [0.3, 0.4) is 0 Å². The first-order valence-corrected chi connectivity index (χ1v) is 8.54. The van der Waals surface area contributed by atoms with Crippen LogP contribution in [-0.4, -0.2) is 18.5 Å². The summed E-state index contributed by atoms with van der Waals surface area (Å²) < 4.78 is 0. The maximum absolute atomic E-state index is 12.6. The molecular weight excluding hydrogens is 298 g/mol. The van der Waals surface area contributed by atoms with Crippen molar-refractivity contribution in [2.75, 3.05) is 17.2 Å². The van der Waals surface area contributed by atoms with Gasteiger partial charge in [-0.15, -0.1) is 0 Å². The number of nitrogen functional groups attached to an aromatic ring is 1. The minimum atomic E-state index is -0.213. The third kappa shape index (κ3) is 3.23. The molecule has 1 aliphatic rings. The largest absolute Gasteiger partial charge is 0.398 e. The SMILES string of the molecule is Cc1ccccc1CNC(=O)C(C)N1CCCc2c(N)cccc21. The van der Waals surface area contributed by atoms with Gasteiger partial charge in [-0.1, -0.05) is 30.3 Å². The van der Waals surface area contributed by atoms with Crippen molar-refractivity contribution in [3.63, 3.8) is 0 Å². The molecule has 1 aliphatic heterocycles. The average molecular weight is 323 g/mol. The highest BCUT2D eigenvalue weighted by Gasteiger charge is 2.26. The lowest BCUT2D eigenvalue weighted by atomic mass is 9.98. The smallest absolute Gasteiger partial charge is 0.242 e. The minimum absolute atomic E-state index is 0.0496. The molecule has 1 heterocycles. The van der Waals surface area contributed by atoms with Gasteiger partial charge >= 0.3 is 0 Å². The van der Waals surface area contributed by atoms with Gasteiger partial charge in [0.1, 0.15) is 6.04 Å². The summed E-state index contributed by atoms with van der Waals surface area (Å²) in [4.78, 5) is 14.8. The summed E-state index contributed by atoms with van der Waals surface area (Å²) in [6.07, 6.45) is 2.01. The average Bonchev–Trinajstić information content (AvgIpc) is 2.60. The van der Waals surface area contributed by atoms with Gasteiger partial charge in [0, 0.05) is 24.5 Å². The Kier molecular flexibility index (Phi) is 4.74. The summed E-state index contributed by atoms with van der Waals surface area (Å²) in [5.74, 6) is 0.0496. The summed E-state index contributed by atoms with van der Waals surface area (Å²) >= 11 is 0. The number of aryl methyl sites for hydroxylation is 1. The molecule has 2 aromatic rings. The molecule has 4 nitrogen and oxygen atoms in total. The Morgan fingerprint density at radius 2 is 2.04 bits per heavy atom. The normalized spacial score (nSPS) is 14.8. The van der Waals surface area contributed by atoms with E-state index in [-0.39, 0.29) is 11.9 Å². The summed E-state index contributed by atoms with van der Waals surface area (Å²) in [6.45, 7) is 5.48. The van der Waals surface area contributed by atoms with Crippen LogP contribution >= 0.6 is 0 Å². The molecule has 1 amide bonds. The number of hydrogen-bond acceptors (Lipinski definition) is 3. The molecule has 24 heavy (non-hydrogen) atoms. The molecule has 126 valence electrons. The molecule has 4 heteroatoms. The molecule has 2 aromatic carbocycles. The number of nitrogens with zero attached hydrogens (tertiary/aromatic N) is 1. The second-order valence-corrected chi connectivity index (χ2v) is 6.46. The van der Waals surface area contributed by atoms with E-state index in [0.29, 0.717) is 6.54 Å². The van der Waals surface area contributed by atoms with Crippen molar-refractivity contribution in [3.8, 4) is 0 Å². The van der Waals surface area contributed by atoms with Crippen LogP contribution in [0.1, 0.15) is 30.0 Å². The molecule has 0 saturated heterocycles. The molecule has 0 saturated carbocycles. The van der Waals surface area contributed by atoms with Crippen molar-refractivity contribution in [1.82, 2.24) is 5.32 Å². The van der Waals surface area contributed by atoms with Gasteiger partial charge in [0.05, 0.1) is 0 Å². The van der Waals surface area contributed by atoms with Gasteiger partial charge in [0.15, 0.2) is 0 Å². The van der Waals surface area contributed by atoms with E-state index in [1.165, 1.54) is 11.1 Å². The Bertz CT molecular complexity index is 741. The van der Waals surface area contributed by atoms with Gasteiger partial charge in [0.25, 0.3) is 0 Å². The van der Waals surface area contributed by atoms with Gasteiger partial charge in [-0.3, -0.25) is 4.79 Å². The first-order valence-electron chi connectivity index (χ1n) is 8.54. The maximum atomic E-state index is 12.6. The fourth-order valence-corrected chi connectivity index (χ4v) is 3.36. The highest BCUT2D eigenvalue weighted by Crippen LogP contribution is 2.32. The lowest BCUT2D eigenvalue weighted by Gasteiger charge is -2.36. The molecule has 0 aromatic heterocycles. The Morgan fingerprint density at radius 1 is 1.25 bits per heavy atom. The molecule has 0 spiro atoms. The number of rotatable bonds is 4. The van der Waals surface area contributed by atoms with Gasteiger partial charge in [0.2, 0.25) is 5.91 Å². The molecule has 1 unspecified atom stereocenters. The van der Waals surface area contributed by atoms with E-state index in [9.17, 15) is 4.79 Å². The predicted octanol–water partition coefficient (Wildman–Crippen LogP) is 3.03. The zero-order chi connectivity index (χ0) is 17.1. The van der Waals surface area contributed by atoms with Crippen LogP contribution in [0.5, 0.6) is 0 Å². The van der Waals surface area contributed by atoms with Crippen molar-refractivity contribution < 1.29 is 4.79 Å². The van der Waals surface area contributed by atoms with Crippen molar-refractivity contribution in [1.29, 1.82) is 0 Å². The van der Waals surface area contributed by atoms with Crippen LogP contribution in [0.2, 0.25) is 0 Å². The molecule has 3 rings (SSSR count). The fraction of sp³-hybridized carbons (Fsp3) is 0.350. The lowest BCUT2D eigenvalue weighted by molar-refractivity contribution is -0.122. The number of carbonyl (C=O) groups excluding carboxylic acids is 1. The van der Waals surface area contributed by atoms with Crippen LogP contribution in [0.15, 0.2) is 42.5 Å². The number of nitrogens with one attached hydrogen (secondary N) is 1. The van der Waals surface area contributed by atoms with Gasteiger partial charge in [-0.05, 0) is 55.5 Å². The van der Waals surface area contributed by atoms with E-state index in [2.05, 4.69) is 35.3 Å². The number of amides is 1. The van der Waals surface area contributed by atoms with Crippen LogP contribution in [0.25, 0.3) is 0 Å². The highest BCUT2D eigenvalue weighted by atomic mass is 16.2. The first-order chi connectivity index (χ1) is 11.6. The number of nitrogens with two attached hydrogens (primary N) is 1. The van der Waals surface area contributed by atoms with E-state index >= 15 is 0 Å². The Hall–Kier alpha value is -2.49. The zero-order valence-corrected chi connectivity index (χ0v) is 14.4. The Balaban J connectivity index is 1.71. The molecular formula is C20H25N3O. The summed E-state index contributed by atoms with van der Waals surface area (Å²) in [5.41, 5.74) is 11.5. The summed E-state index contributed by atoms with van der Waals surface area (Å²) in [6, 6.07) is 13.9. The van der Waals surface area contributed by atoms with Crippen LogP contribution in [0.4, 0.5) is 11.4 Å². The zero-order valence-electron chi connectivity index (χ0n) is 14.4. The standard InChI is InChI=1S/C20H25N3O/c1-14-7-3-4-8-16(14)13-22-20(24)15(2)23-12-6-9-17-18(21)10-5-11-19(17)23/h3-5,7-8,10-11,15H,6,9,12-13,21H2,1-2H3,(H,22,24). The predicted molar refractivity (Wildman–Crippen MR) is 99.0 cm³/mol. The van der Waals surface area contributed by atoms with Gasteiger partial charge in [-0.2, -0.15) is 0 Å². The number of fused-ring (bicyclic) bond motifs is 1. The van der Waals surface area contributed by atoms with Crippen molar-refractivity contribution in [3.05, 3.63) is 59.2 Å². The Morgan fingerprint density at radius 3 is 2.83 bits per heavy atom. The highest BCUT2D eigenvalue weighted by molar-refractivity contribution is 5.86. The summed E-state index contributed by atoms with van der Waals surface area (Å²) in [7, 11) is 0. The molecule has 0 aliphatic carbocycles. The number of benzene rings is 2. The number of carbonyl (C=O) groups is 1. The van der Waals surface area contributed by atoms with Crippen molar-refractivity contribution in [2.45, 2.75) is 39.3 Å². The van der Waals surface area contributed by atoms with Crippen molar-refractivity contribution in [2.24, 2.45) is 0 Å². The number of hydrogen-bond donors (Lipinski definition) is 2. The lowest BCUT2D eigenvalue weighted by Crippen LogP contribution is -2.47. The second kappa shape index (κ2) is 6.95. The second-order valence-electron chi connectivity index (χ2n) is 6.46. The molecule has 0 fully saturated rings.